The zero-order valence-corrected chi connectivity index (χ0v) is 11.9. The normalized spacial score (nSPS) is 11.7. The van der Waals surface area contributed by atoms with E-state index in [9.17, 15) is 8.42 Å². The predicted octanol–water partition coefficient (Wildman–Crippen LogP) is 0.600. The molecular formula is C11H17ClN2O4S. The summed E-state index contributed by atoms with van der Waals surface area (Å²) in [5.41, 5.74) is 5.73. The molecule has 0 aliphatic rings. The second-order valence-corrected chi connectivity index (χ2v) is 5.86. The minimum Gasteiger partial charge on any atom is -0.398 e. The highest BCUT2D eigenvalue weighted by atomic mass is 35.5. The zero-order chi connectivity index (χ0) is 14.3. The lowest BCUT2D eigenvalue weighted by atomic mass is 10.3. The van der Waals surface area contributed by atoms with Crippen LogP contribution in [0.25, 0.3) is 0 Å². The first-order chi connectivity index (χ1) is 8.99. The molecule has 6 nitrogen and oxygen atoms in total. The Morgan fingerprint density at radius 3 is 2.74 bits per heavy atom. The second kappa shape index (κ2) is 7.66. The number of anilines is 1. The Bertz CT molecular complexity index is 487. The molecule has 0 aliphatic carbocycles. The van der Waals surface area contributed by atoms with Crippen LogP contribution >= 0.6 is 11.6 Å². The number of sulfonamides is 1. The van der Waals surface area contributed by atoms with E-state index in [-0.39, 0.29) is 35.4 Å². The van der Waals surface area contributed by atoms with Gasteiger partial charge in [-0.1, -0.05) is 17.7 Å². The maximum Gasteiger partial charge on any atom is 0.244 e. The molecule has 0 saturated heterocycles. The number of nitrogens with one attached hydrogen (secondary N) is 1. The molecule has 0 amide bonds. The summed E-state index contributed by atoms with van der Waals surface area (Å²) < 4.78 is 31.4. The van der Waals surface area contributed by atoms with Gasteiger partial charge in [-0.3, -0.25) is 0 Å². The fraction of sp³-hybridized carbons (Fsp3) is 0.455. The van der Waals surface area contributed by atoms with Gasteiger partial charge in [0.15, 0.2) is 0 Å². The number of aliphatic hydroxyl groups is 1. The first-order valence-electron chi connectivity index (χ1n) is 5.71. The molecule has 1 aromatic rings. The van der Waals surface area contributed by atoms with Crippen molar-refractivity contribution in [2.45, 2.75) is 11.3 Å². The Hall–Kier alpha value is -0.860. The average Bonchev–Trinajstić information content (AvgIpc) is 2.33. The fourth-order valence-corrected chi connectivity index (χ4v) is 3.18. The van der Waals surface area contributed by atoms with E-state index in [0.29, 0.717) is 13.0 Å². The smallest absolute Gasteiger partial charge is 0.244 e. The third-order valence-electron chi connectivity index (χ3n) is 2.26. The number of nitrogens with two attached hydrogens (primary N) is 1. The van der Waals surface area contributed by atoms with Gasteiger partial charge in [-0.05, 0) is 18.6 Å². The SMILES string of the molecule is Nc1cccc(Cl)c1S(=O)(=O)NCCCOCCO. The van der Waals surface area contributed by atoms with Crippen LogP contribution in [0.4, 0.5) is 5.69 Å². The lowest BCUT2D eigenvalue weighted by Gasteiger charge is -2.10. The first kappa shape index (κ1) is 16.2. The van der Waals surface area contributed by atoms with E-state index in [1.807, 2.05) is 0 Å². The summed E-state index contributed by atoms with van der Waals surface area (Å²) in [4.78, 5) is -0.104. The summed E-state index contributed by atoms with van der Waals surface area (Å²) in [7, 11) is -3.73. The standard InChI is InChI=1S/C11H17ClN2O4S/c12-9-3-1-4-10(13)11(9)19(16,17)14-5-2-7-18-8-6-15/h1,3-4,14-15H,2,5-8,13H2. The van der Waals surface area contributed by atoms with Gasteiger partial charge in [0.2, 0.25) is 10.0 Å². The monoisotopic (exact) mass is 308 g/mol. The van der Waals surface area contributed by atoms with Gasteiger partial charge in [-0.2, -0.15) is 0 Å². The van der Waals surface area contributed by atoms with Crippen molar-refractivity contribution in [2.24, 2.45) is 0 Å². The Balaban J connectivity index is 2.57. The summed E-state index contributed by atoms with van der Waals surface area (Å²) >= 11 is 5.84. The van der Waals surface area contributed by atoms with Crippen molar-refractivity contribution in [3.63, 3.8) is 0 Å². The highest BCUT2D eigenvalue weighted by molar-refractivity contribution is 7.89. The third-order valence-corrected chi connectivity index (χ3v) is 4.26. The minimum atomic E-state index is -3.73. The molecule has 0 atom stereocenters. The Kier molecular flexibility index (Phi) is 6.53. The minimum absolute atomic E-state index is 0.0537. The highest BCUT2D eigenvalue weighted by Gasteiger charge is 2.20. The van der Waals surface area contributed by atoms with Crippen molar-refractivity contribution in [2.75, 3.05) is 32.1 Å². The van der Waals surface area contributed by atoms with Gasteiger partial charge in [0.25, 0.3) is 0 Å². The molecule has 0 fully saturated rings. The second-order valence-electron chi connectivity index (χ2n) is 3.75. The number of hydrogen-bond acceptors (Lipinski definition) is 5. The van der Waals surface area contributed by atoms with E-state index < -0.39 is 10.0 Å². The molecular weight excluding hydrogens is 292 g/mol. The molecule has 0 unspecified atom stereocenters. The van der Waals surface area contributed by atoms with E-state index >= 15 is 0 Å². The number of nitrogen functional groups attached to an aromatic ring is 1. The molecule has 1 aromatic carbocycles. The van der Waals surface area contributed by atoms with Crippen LogP contribution in [0, 0.1) is 0 Å². The quantitative estimate of drug-likeness (QED) is 0.482. The maximum absolute atomic E-state index is 12.0. The van der Waals surface area contributed by atoms with Crippen molar-refractivity contribution >= 4 is 27.3 Å². The summed E-state index contributed by atoms with van der Waals surface area (Å²) in [5, 5.41) is 8.58. The van der Waals surface area contributed by atoms with E-state index in [2.05, 4.69) is 4.72 Å². The predicted molar refractivity (Wildman–Crippen MR) is 73.6 cm³/mol. The van der Waals surface area contributed by atoms with Crippen LogP contribution in [0.5, 0.6) is 0 Å². The number of rotatable bonds is 8. The molecule has 0 spiro atoms. The van der Waals surface area contributed by atoms with Crippen LogP contribution in [0.3, 0.4) is 0 Å². The molecule has 4 N–H and O–H groups in total. The Morgan fingerprint density at radius 2 is 2.11 bits per heavy atom. The molecule has 0 bridgehead atoms. The van der Waals surface area contributed by atoms with Crippen LogP contribution in [-0.2, 0) is 14.8 Å². The first-order valence-corrected chi connectivity index (χ1v) is 7.57. The average molecular weight is 309 g/mol. The maximum atomic E-state index is 12.0. The van der Waals surface area contributed by atoms with Gasteiger partial charge in [0, 0.05) is 13.2 Å². The van der Waals surface area contributed by atoms with Crippen molar-refractivity contribution in [1.29, 1.82) is 0 Å². The highest BCUT2D eigenvalue weighted by Crippen LogP contribution is 2.26. The van der Waals surface area contributed by atoms with Crippen molar-refractivity contribution in [1.82, 2.24) is 4.72 Å². The molecule has 19 heavy (non-hydrogen) atoms. The van der Waals surface area contributed by atoms with Crippen LogP contribution in [0.15, 0.2) is 23.1 Å². The van der Waals surface area contributed by atoms with E-state index in [0.717, 1.165) is 0 Å². The van der Waals surface area contributed by atoms with E-state index in [4.69, 9.17) is 27.2 Å². The summed E-state index contributed by atoms with van der Waals surface area (Å²) in [6, 6.07) is 4.53. The summed E-state index contributed by atoms with van der Waals surface area (Å²) in [6.07, 6.45) is 0.490. The molecule has 1 rings (SSSR count). The van der Waals surface area contributed by atoms with Crippen LogP contribution in [-0.4, -0.2) is 39.9 Å². The Morgan fingerprint density at radius 1 is 1.37 bits per heavy atom. The van der Waals surface area contributed by atoms with Crippen molar-refractivity contribution in [3.05, 3.63) is 23.2 Å². The van der Waals surface area contributed by atoms with Crippen LogP contribution in [0.2, 0.25) is 5.02 Å². The van der Waals surface area contributed by atoms with E-state index in [1.54, 1.807) is 6.07 Å². The van der Waals surface area contributed by atoms with E-state index in [1.165, 1.54) is 12.1 Å². The molecule has 108 valence electrons. The largest absolute Gasteiger partial charge is 0.398 e. The van der Waals surface area contributed by atoms with Gasteiger partial charge in [0.05, 0.1) is 23.9 Å². The molecule has 0 saturated carbocycles. The molecule has 0 aromatic heterocycles. The Labute approximate surface area is 117 Å². The number of halogens is 1. The van der Waals surface area contributed by atoms with Gasteiger partial charge in [-0.15, -0.1) is 0 Å². The fourth-order valence-electron chi connectivity index (χ4n) is 1.43. The van der Waals surface area contributed by atoms with Gasteiger partial charge < -0.3 is 15.6 Å². The van der Waals surface area contributed by atoms with Crippen molar-refractivity contribution in [3.8, 4) is 0 Å². The summed E-state index contributed by atoms with van der Waals surface area (Å²) in [5.74, 6) is 0. The summed E-state index contributed by atoms with van der Waals surface area (Å²) in [6.45, 7) is 0.756. The van der Waals surface area contributed by atoms with Gasteiger partial charge in [0.1, 0.15) is 4.90 Å². The van der Waals surface area contributed by atoms with Gasteiger partial charge in [-0.25, -0.2) is 13.1 Å². The molecule has 8 heteroatoms. The molecule has 0 radical (unpaired) electrons. The van der Waals surface area contributed by atoms with Gasteiger partial charge >= 0.3 is 0 Å². The molecule has 0 heterocycles. The number of ether oxygens (including phenoxy) is 1. The number of aliphatic hydroxyl groups excluding tert-OH is 1. The number of benzene rings is 1. The topological polar surface area (TPSA) is 102 Å². The lowest BCUT2D eigenvalue weighted by molar-refractivity contribution is 0.0913. The zero-order valence-electron chi connectivity index (χ0n) is 10.3. The van der Waals surface area contributed by atoms with Crippen molar-refractivity contribution < 1.29 is 18.3 Å². The third kappa shape index (κ3) is 4.96. The van der Waals surface area contributed by atoms with Crippen LogP contribution < -0.4 is 10.5 Å². The lowest BCUT2D eigenvalue weighted by Crippen LogP contribution is -2.26. The van der Waals surface area contributed by atoms with Crippen LogP contribution in [0.1, 0.15) is 6.42 Å². The molecule has 0 aliphatic heterocycles. The number of hydrogen-bond donors (Lipinski definition) is 3.